The molecule has 22 heavy (non-hydrogen) atoms. The zero-order valence-corrected chi connectivity index (χ0v) is 13.2. The maximum atomic E-state index is 5.71. The van der Waals surface area contributed by atoms with Crippen LogP contribution in [0, 0.1) is 5.92 Å². The summed E-state index contributed by atoms with van der Waals surface area (Å²) in [5.74, 6) is 2.46. The van der Waals surface area contributed by atoms with Crippen LogP contribution in [-0.4, -0.2) is 41.8 Å². The molecule has 5 nitrogen and oxygen atoms in total. The summed E-state index contributed by atoms with van der Waals surface area (Å²) >= 11 is 0. The van der Waals surface area contributed by atoms with Gasteiger partial charge in [-0.15, -0.1) is 0 Å². The van der Waals surface area contributed by atoms with Gasteiger partial charge in [0.2, 0.25) is 0 Å². The normalized spacial score (nSPS) is 27.5. The smallest absolute Gasteiger partial charge is 0.177 e. The van der Waals surface area contributed by atoms with Gasteiger partial charge in [-0.25, -0.2) is 0 Å². The van der Waals surface area contributed by atoms with Crippen LogP contribution in [0.5, 0.6) is 5.75 Å². The van der Waals surface area contributed by atoms with E-state index in [2.05, 4.69) is 15.4 Å². The van der Waals surface area contributed by atoms with Gasteiger partial charge < -0.3 is 19.5 Å². The van der Waals surface area contributed by atoms with Crippen molar-refractivity contribution in [2.24, 2.45) is 5.92 Å². The third kappa shape index (κ3) is 2.54. The third-order valence-corrected chi connectivity index (χ3v) is 4.79. The molecule has 3 aliphatic heterocycles. The first-order chi connectivity index (χ1) is 10.7. The van der Waals surface area contributed by atoms with E-state index in [1.165, 1.54) is 25.9 Å². The largest absolute Gasteiger partial charge is 0.491 e. The molecule has 3 fully saturated rings. The fraction of sp³-hybridized carbons (Fsp3) is 0.588. The van der Waals surface area contributed by atoms with Gasteiger partial charge >= 0.3 is 0 Å². The second-order valence-electron chi connectivity index (χ2n) is 6.74. The van der Waals surface area contributed by atoms with Gasteiger partial charge in [0.05, 0.1) is 11.5 Å². The number of piperidine rings is 3. The van der Waals surface area contributed by atoms with Gasteiger partial charge in [0.25, 0.3) is 0 Å². The molecular formula is C17H23N3O2. The summed E-state index contributed by atoms with van der Waals surface area (Å²) in [6, 6.07) is 6.43. The van der Waals surface area contributed by atoms with E-state index in [0.717, 1.165) is 35.0 Å². The lowest BCUT2D eigenvalue weighted by Gasteiger charge is -2.44. The Morgan fingerprint density at radius 2 is 2.14 bits per heavy atom. The fourth-order valence-corrected chi connectivity index (χ4v) is 3.67. The maximum Gasteiger partial charge on any atom is 0.177 e. The van der Waals surface area contributed by atoms with Gasteiger partial charge in [-0.05, 0) is 57.8 Å². The number of fused-ring (bicyclic) bond motifs is 4. The van der Waals surface area contributed by atoms with Gasteiger partial charge in [-0.2, -0.15) is 0 Å². The number of hydrogen-bond donors (Lipinski definition) is 1. The number of ether oxygens (including phenoxy) is 1. The van der Waals surface area contributed by atoms with Crippen LogP contribution < -0.4 is 10.1 Å². The molecule has 2 aromatic rings. The Morgan fingerprint density at radius 1 is 1.32 bits per heavy atom. The average molecular weight is 301 g/mol. The summed E-state index contributed by atoms with van der Waals surface area (Å²) in [4.78, 5) is 2.54. The van der Waals surface area contributed by atoms with Crippen molar-refractivity contribution < 1.29 is 9.26 Å². The summed E-state index contributed by atoms with van der Waals surface area (Å²) in [5, 5.41) is 8.88. The van der Waals surface area contributed by atoms with Gasteiger partial charge in [0, 0.05) is 18.7 Å². The van der Waals surface area contributed by atoms with Crippen LogP contribution >= 0.6 is 0 Å². The summed E-state index contributed by atoms with van der Waals surface area (Å²) in [6.07, 6.45) is 2.74. The molecule has 0 aliphatic carbocycles. The number of benzene rings is 1. The average Bonchev–Trinajstić information content (AvgIpc) is 2.90. The molecule has 1 N–H and O–H groups in total. The van der Waals surface area contributed by atoms with Crippen LogP contribution in [0.25, 0.3) is 11.0 Å². The van der Waals surface area contributed by atoms with E-state index in [0.29, 0.717) is 6.04 Å². The quantitative estimate of drug-likeness (QED) is 0.940. The lowest BCUT2D eigenvalue weighted by atomic mass is 9.84. The molecule has 1 aromatic heterocycles. The van der Waals surface area contributed by atoms with Crippen molar-refractivity contribution >= 4 is 16.8 Å². The van der Waals surface area contributed by atoms with Crippen LogP contribution in [0.4, 0.5) is 5.82 Å². The monoisotopic (exact) mass is 301 g/mol. The molecule has 118 valence electrons. The van der Waals surface area contributed by atoms with Gasteiger partial charge in [-0.3, -0.25) is 0 Å². The zero-order valence-electron chi connectivity index (χ0n) is 13.2. The Labute approximate surface area is 130 Å². The molecule has 5 heteroatoms. The zero-order chi connectivity index (χ0) is 15.1. The Balaban J connectivity index is 1.55. The Kier molecular flexibility index (Phi) is 3.45. The Bertz CT molecular complexity index is 659. The van der Waals surface area contributed by atoms with Crippen molar-refractivity contribution in [1.82, 2.24) is 10.1 Å². The van der Waals surface area contributed by atoms with Gasteiger partial charge in [-0.1, -0.05) is 5.16 Å². The molecule has 1 aromatic carbocycles. The van der Waals surface area contributed by atoms with E-state index in [-0.39, 0.29) is 6.10 Å². The summed E-state index contributed by atoms with van der Waals surface area (Å²) in [5.41, 5.74) is 0.780. The summed E-state index contributed by atoms with van der Waals surface area (Å²) in [7, 11) is 0. The number of nitrogens with zero attached hydrogens (tertiary/aromatic N) is 2. The van der Waals surface area contributed by atoms with Crippen LogP contribution in [0.15, 0.2) is 22.7 Å². The molecule has 0 saturated carbocycles. The standard InChI is InChI=1S/C17H23N3O2/c1-11(2)21-13-3-4-14-16(9-13)22-19-17(14)18-15-10-20-7-5-12(15)6-8-20/h3-4,9,11-12,15H,5-8,10H2,1-2H3,(H,18,19)/t15-/m0/s1. The number of nitrogens with one attached hydrogen (secondary N) is 1. The van der Waals surface area contributed by atoms with Gasteiger partial charge in [0.15, 0.2) is 11.4 Å². The minimum absolute atomic E-state index is 0.157. The Hall–Kier alpha value is -1.75. The van der Waals surface area contributed by atoms with E-state index >= 15 is 0 Å². The first kappa shape index (κ1) is 13.9. The molecular weight excluding hydrogens is 278 g/mol. The lowest BCUT2D eigenvalue weighted by Crippen LogP contribution is -2.53. The van der Waals surface area contributed by atoms with Crippen molar-refractivity contribution in [1.29, 1.82) is 0 Å². The predicted molar refractivity (Wildman–Crippen MR) is 86.3 cm³/mol. The molecule has 3 saturated heterocycles. The molecule has 0 amide bonds. The Morgan fingerprint density at radius 3 is 2.82 bits per heavy atom. The highest BCUT2D eigenvalue weighted by Gasteiger charge is 2.34. The molecule has 3 aliphatic rings. The number of hydrogen-bond acceptors (Lipinski definition) is 5. The molecule has 5 rings (SSSR count). The van der Waals surface area contributed by atoms with Gasteiger partial charge in [0.1, 0.15) is 5.75 Å². The predicted octanol–water partition coefficient (Wildman–Crippen LogP) is 3.12. The van der Waals surface area contributed by atoms with E-state index < -0.39 is 0 Å². The highest BCUT2D eigenvalue weighted by molar-refractivity contribution is 5.89. The second-order valence-corrected chi connectivity index (χ2v) is 6.74. The second kappa shape index (κ2) is 5.47. The molecule has 0 unspecified atom stereocenters. The minimum Gasteiger partial charge on any atom is -0.491 e. The molecule has 4 heterocycles. The van der Waals surface area contributed by atoms with Crippen molar-refractivity contribution in [3.05, 3.63) is 18.2 Å². The fourth-order valence-electron chi connectivity index (χ4n) is 3.67. The third-order valence-electron chi connectivity index (χ3n) is 4.79. The number of aromatic nitrogens is 1. The van der Waals surface area contributed by atoms with E-state index in [4.69, 9.17) is 9.26 Å². The number of rotatable bonds is 4. The minimum atomic E-state index is 0.157. The molecule has 1 atom stereocenters. The van der Waals surface area contributed by atoms with E-state index in [1.54, 1.807) is 0 Å². The van der Waals surface area contributed by atoms with E-state index in [9.17, 15) is 0 Å². The van der Waals surface area contributed by atoms with Crippen molar-refractivity contribution in [2.75, 3.05) is 25.0 Å². The SMILES string of the molecule is CC(C)Oc1ccc2c(N[C@H]3CN4CCC3CC4)noc2c1. The summed E-state index contributed by atoms with van der Waals surface area (Å²) < 4.78 is 11.2. The first-order valence-corrected chi connectivity index (χ1v) is 8.24. The highest BCUT2D eigenvalue weighted by atomic mass is 16.5. The molecule has 0 spiro atoms. The highest BCUT2D eigenvalue weighted by Crippen LogP contribution is 2.32. The first-order valence-electron chi connectivity index (χ1n) is 8.24. The maximum absolute atomic E-state index is 5.71. The summed E-state index contributed by atoms with van der Waals surface area (Å²) in [6.45, 7) is 7.65. The molecule has 0 radical (unpaired) electrons. The van der Waals surface area contributed by atoms with Crippen LogP contribution in [-0.2, 0) is 0 Å². The lowest BCUT2D eigenvalue weighted by molar-refractivity contribution is 0.0973. The molecule has 2 bridgehead atoms. The van der Waals surface area contributed by atoms with Crippen molar-refractivity contribution in [3.8, 4) is 5.75 Å². The van der Waals surface area contributed by atoms with Crippen molar-refractivity contribution in [2.45, 2.75) is 38.8 Å². The van der Waals surface area contributed by atoms with Crippen LogP contribution in [0.3, 0.4) is 0 Å². The van der Waals surface area contributed by atoms with Crippen molar-refractivity contribution in [3.63, 3.8) is 0 Å². The van der Waals surface area contributed by atoms with E-state index in [1.807, 2.05) is 32.0 Å². The number of anilines is 1. The van der Waals surface area contributed by atoms with Crippen LogP contribution in [0.1, 0.15) is 26.7 Å². The van der Waals surface area contributed by atoms with Crippen LogP contribution in [0.2, 0.25) is 0 Å². The topological polar surface area (TPSA) is 50.5 Å².